The number of primary sulfonamides is 1. The number of sulfonamides is 1. The molecule has 0 aliphatic carbocycles. The predicted octanol–water partition coefficient (Wildman–Crippen LogP) is 2.68. The number of aryl methyl sites for hydroxylation is 1. The second-order valence-electron chi connectivity index (χ2n) is 3.67. The van der Waals surface area contributed by atoms with Gasteiger partial charge in [0.1, 0.15) is 0 Å². The van der Waals surface area contributed by atoms with Crippen LogP contribution >= 0.6 is 0 Å². The minimum absolute atomic E-state index is 0.405. The van der Waals surface area contributed by atoms with Crippen LogP contribution in [0.15, 0.2) is 17.0 Å². The first-order valence-corrected chi connectivity index (χ1v) is 6.11. The fourth-order valence-corrected chi connectivity index (χ4v) is 2.33. The van der Waals surface area contributed by atoms with Crippen molar-refractivity contribution < 1.29 is 34.8 Å². The summed E-state index contributed by atoms with van der Waals surface area (Å²) in [6.45, 7) is 0.797. The van der Waals surface area contributed by atoms with Crippen LogP contribution in [0.2, 0.25) is 0 Å². The van der Waals surface area contributed by atoms with Gasteiger partial charge in [0.2, 0.25) is 10.0 Å². The zero-order valence-electron chi connectivity index (χ0n) is 9.22. The molecule has 0 radical (unpaired) electrons. The molecule has 3 nitrogen and oxygen atoms in total. The van der Waals surface area contributed by atoms with E-state index in [1.165, 1.54) is 0 Å². The molecule has 0 aliphatic heterocycles. The maximum Gasteiger partial charge on any atom is 0.418 e. The number of hydrogen-bond donors (Lipinski definition) is 1. The van der Waals surface area contributed by atoms with Gasteiger partial charge in [-0.2, -0.15) is 26.3 Å². The summed E-state index contributed by atoms with van der Waals surface area (Å²) in [5.74, 6) is 0. The van der Waals surface area contributed by atoms with Gasteiger partial charge in [0, 0.05) is 0 Å². The highest BCUT2D eigenvalue weighted by atomic mass is 32.2. The average Bonchev–Trinajstić information content (AvgIpc) is 2.11. The molecule has 10 heteroatoms. The van der Waals surface area contributed by atoms with Gasteiger partial charge in [-0.1, -0.05) is 6.07 Å². The fourth-order valence-electron chi connectivity index (χ4n) is 1.57. The monoisotopic (exact) mass is 307 g/mol. The highest BCUT2D eigenvalue weighted by Crippen LogP contribution is 2.44. The van der Waals surface area contributed by atoms with Gasteiger partial charge < -0.3 is 0 Å². The molecule has 0 atom stereocenters. The molecular formula is C9H7F6NO2S. The standard InChI is InChI=1S/C9H7F6NO2S/c1-4-2-3-5(19(16,17)18)7(9(13,14)15)6(4)8(10,11)12/h2-3H,1H3,(H2,16,17,18). The number of hydrogen-bond acceptors (Lipinski definition) is 2. The Bertz CT molecular complexity index is 602. The van der Waals surface area contributed by atoms with Gasteiger partial charge in [-0.25, -0.2) is 13.6 Å². The van der Waals surface area contributed by atoms with Gasteiger partial charge >= 0.3 is 12.4 Å². The van der Waals surface area contributed by atoms with E-state index in [0.717, 1.165) is 6.92 Å². The summed E-state index contributed by atoms with van der Waals surface area (Å²) in [7, 11) is -4.94. The number of halogens is 6. The third kappa shape index (κ3) is 3.18. The summed E-state index contributed by atoms with van der Waals surface area (Å²) in [6.07, 6.45) is -10.9. The Morgan fingerprint density at radius 1 is 0.947 bits per heavy atom. The molecule has 1 aromatic carbocycles. The lowest BCUT2D eigenvalue weighted by Gasteiger charge is -2.20. The highest BCUT2D eigenvalue weighted by molar-refractivity contribution is 7.89. The second kappa shape index (κ2) is 4.37. The maximum atomic E-state index is 12.7. The van der Waals surface area contributed by atoms with E-state index in [4.69, 9.17) is 0 Å². The van der Waals surface area contributed by atoms with E-state index in [9.17, 15) is 34.8 Å². The van der Waals surface area contributed by atoms with E-state index in [0.29, 0.717) is 12.1 Å². The molecule has 0 saturated carbocycles. The second-order valence-corrected chi connectivity index (χ2v) is 5.20. The van der Waals surface area contributed by atoms with Crippen molar-refractivity contribution in [1.82, 2.24) is 0 Å². The summed E-state index contributed by atoms with van der Waals surface area (Å²) in [6, 6.07) is 1.03. The van der Waals surface area contributed by atoms with Crippen molar-refractivity contribution in [3.63, 3.8) is 0 Å². The first kappa shape index (κ1) is 15.8. The van der Waals surface area contributed by atoms with E-state index in [-0.39, 0.29) is 0 Å². The van der Waals surface area contributed by atoms with Crippen molar-refractivity contribution >= 4 is 10.0 Å². The summed E-state index contributed by atoms with van der Waals surface area (Å²) >= 11 is 0. The Morgan fingerprint density at radius 2 is 1.37 bits per heavy atom. The molecule has 0 amide bonds. The number of benzene rings is 1. The molecular weight excluding hydrogens is 300 g/mol. The SMILES string of the molecule is Cc1ccc(S(N)(=O)=O)c(C(F)(F)F)c1C(F)(F)F. The summed E-state index contributed by atoms with van der Waals surface area (Å²) in [4.78, 5) is -1.60. The summed E-state index contributed by atoms with van der Waals surface area (Å²) < 4.78 is 98.2. The molecule has 0 bridgehead atoms. The van der Waals surface area contributed by atoms with Gasteiger partial charge in [-0.15, -0.1) is 0 Å². The molecule has 0 aromatic heterocycles. The van der Waals surface area contributed by atoms with Crippen LogP contribution in [0.3, 0.4) is 0 Å². The van der Waals surface area contributed by atoms with E-state index in [1.807, 2.05) is 0 Å². The first-order valence-electron chi connectivity index (χ1n) is 4.57. The van der Waals surface area contributed by atoms with Gasteiger partial charge in [0.05, 0.1) is 16.0 Å². The maximum absolute atomic E-state index is 12.7. The highest BCUT2D eigenvalue weighted by Gasteiger charge is 2.47. The van der Waals surface area contributed by atoms with E-state index in [1.54, 1.807) is 0 Å². The average molecular weight is 307 g/mol. The molecule has 1 aromatic rings. The van der Waals surface area contributed by atoms with Crippen LogP contribution in [0.5, 0.6) is 0 Å². The van der Waals surface area contributed by atoms with Crippen LogP contribution in [0, 0.1) is 6.92 Å². The van der Waals surface area contributed by atoms with Crippen LogP contribution in [-0.4, -0.2) is 8.42 Å². The lowest BCUT2D eigenvalue weighted by atomic mass is 10.0. The Kier molecular flexibility index (Phi) is 3.63. The van der Waals surface area contributed by atoms with Crippen LogP contribution in [-0.2, 0) is 22.4 Å². The summed E-state index contributed by atoms with van der Waals surface area (Å²) in [5, 5.41) is 4.52. The minimum atomic E-state index is -5.50. The van der Waals surface area contributed by atoms with Crippen LogP contribution in [0.4, 0.5) is 26.3 Å². The molecule has 1 rings (SSSR count). The van der Waals surface area contributed by atoms with Gasteiger partial charge in [-0.05, 0) is 18.6 Å². The lowest BCUT2D eigenvalue weighted by molar-refractivity contribution is -0.164. The van der Waals surface area contributed by atoms with Crippen molar-refractivity contribution in [2.75, 3.05) is 0 Å². The minimum Gasteiger partial charge on any atom is -0.225 e. The summed E-state index contributed by atoms with van der Waals surface area (Å²) in [5.41, 5.74) is -5.08. The van der Waals surface area contributed by atoms with Gasteiger partial charge in [0.15, 0.2) is 0 Å². The number of rotatable bonds is 1. The zero-order valence-corrected chi connectivity index (χ0v) is 10.0. The Hall–Kier alpha value is -1.29. The zero-order chi connectivity index (χ0) is 15.2. The Morgan fingerprint density at radius 3 is 1.68 bits per heavy atom. The van der Waals surface area contributed by atoms with Crippen molar-refractivity contribution in [2.24, 2.45) is 5.14 Å². The third-order valence-electron chi connectivity index (χ3n) is 2.25. The Labute approximate surface area is 104 Å². The normalized spacial score (nSPS) is 13.7. The third-order valence-corrected chi connectivity index (χ3v) is 3.20. The first-order chi connectivity index (χ1) is 8.26. The smallest absolute Gasteiger partial charge is 0.225 e. The van der Waals surface area contributed by atoms with Crippen molar-refractivity contribution in [2.45, 2.75) is 24.2 Å². The molecule has 19 heavy (non-hydrogen) atoms. The van der Waals surface area contributed by atoms with Gasteiger partial charge in [0.25, 0.3) is 0 Å². The largest absolute Gasteiger partial charge is 0.418 e. The van der Waals surface area contributed by atoms with Crippen molar-refractivity contribution in [3.8, 4) is 0 Å². The van der Waals surface area contributed by atoms with Crippen molar-refractivity contribution in [3.05, 3.63) is 28.8 Å². The van der Waals surface area contributed by atoms with Crippen LogP contribution in [0.1, 0.15) is 16.7 Å². The van der Waals surface area contributed by atoms with Crippen LogP contribution < -0.4 is 5.14 Å². The van der Waals surface area contributed by atoms with E-state index >= 15 is 0 Å². The molecule has 0 aliphatic rings. The molecule has 0 spiro atoms. The molecule has 0 unspecified atom stereocenters. The molecule has 0 fully saturated rings. The molecule has 0 heterocycles. The predicted molar refractivity (Wildman–Crippen MR) is 52.6 cm³/mol. The Balaban J connectivity index is 3.93. The molecule has 2 N–H and O–H groups in total. The van der Waals surface area contributed by atoms with Gasteiger partial charge in [-0.3, -0.25) is 0 Å². The number of nitrogens with two attached hydrogens (primary N) is 1. The number of alkyl halides is 6. The quantitative estimate of drug-likeness (QED) is 0.811. The fraction of sp³-hybridized carbons (Fsp3) is 0.333. The van der Waals surface area contributed by atoms with E-state index in [2.05, 4.69) is 5.14 Å². The lowest BCUT2D eigenvalue weighted by Crippen LogP contribution is -2.24. The van der Waals surface area contributed by atoms with Crippen LogP contribution in [0.25, 0.3) is 0 Å². The molecule has 108 valence electrons. The topological polar surface area (TPSA) is 60.2 Å². The van der Waals surface area contributed by atoms with E-state index < -0.39 is 44.0 Å². The van der Waals surface area contributed by atoms with Crippen molar-refractivity contribution in [1.29, 1.82) is 0 Å². The molecule has 0 saturated heterocycles.